The summed E-state index contributed by atoms with van der Waals surface area (Å²) < 4.78 is 1.74. The van der Waals surface area contributed by atoms with E-state index in [9.17, 15) is 0 Å². The van der Waals surface area contributed by atoms with Crippen molar-refractivity contribution < 1.29 is 5.11 Å². The van der Waals surface area contributed by atoms with E-state index in [-0.39, 0.29) is 6.61 Å². The molecule has 0 radical (unpaired) electrons. The Morgan fingerprint density at radius 2 is 1.93 bits per heavy atom. The number of hydrogen-bond donors (Lipinski definition) is 3. The maximum atomic E-state index is 9.11. The van der Waals surface area contributed by atoms with Gasteiger partial charge in [0.15, 0.2) is 5.65 Å². The molecule has 0 spiro atoms. The molecule has 1 aromatic carbocycles. The molecule has 0 saturated heterocycles. The molecule has 150 valence electrons. The summed E-state index contributed by atoms with van der Waals surface area (Å²) in [7, 11) is 0. The third-order valence-corrected chi connectivity index (χ3v) is 5.54. The normalized spacial score (nSPS) is 11.3. The van der Waals surface area contributed by atoms with E-state index < -0.39 is 0 Å². The molecule has 4 rings (SSSR count). The zero-order valence-corrected chi connectivity index (χ0v) is 17.3. The molecule has 0 aliphatic rings. The van der Waals surface area contributed by atoms with Crippen molar-refractivity contribution in [3.63, 3.8) is 0 Å². The Morgan fingerprint density at radius 1 is 1.10 bits per heavy atom. The first-order valence-corrected chi connectivity index (χ1v) is 10.5. The average Bonchev–Trinajstić information content (AvgIpc) is 3.41. The largest absolute Gasteiger partial charge is 0.395 e. The minimum Gasteiger partial charge on any atom is -0.395 e. The van der Waals surface area contributed by atoms with Crippen LogP contribution in [-0.4, -0.2) is 37.8 Å². The number of aliphatic hydroxyl groups is 1. The van der Waals surface area contributed by atoms with Crippen LogP contribution in [-0.2, 0) is 6.54 Å². The molecular formula is C21H24N6OS. The number of nitrogens with one attached hydrogen (secondary N) is 2. The number of rotatable bonds is 8. The third-order valence-electron chi connectivity index (χ3n) is 4.62. The molecule has 0 aliphatic carbocycles. The van der Waals surface area contributed by atoms with Gasteiger partial charge in [-0.1, -0.05) is 44.2 Å². The van der Waals surface area contributed by atoms with Crippen molar-refractivity contribution in [2.45, 2.75) is 26.3 Å². The highest BCUT2D eigenvalue weighted by atomic mass is 32.1. The lowest BCUT2D eigenvalue weighted by Crippen LogP contribution is -2.14. The minimum atomic E-state index is 0.0180. The van der Waals surface area contributed by atoms with E-state index in [4.69, 9.17) is 5.11 Å². The topological polar surface area (TPSA) is 87.4 Å². The Labute approximate surface area is 173 Å². The Bertz CT molecular complexity index is 1070. The number of aromatic nitrogens is 4. The number of fused-ring (bicyclic) bond motifs is 1. The molecule has 3 N–H and O–H groups in total. The first kappa shape index (κ1) is 19.4. The first-order chi connectivity index (χ1) is 14.2. The average molecular weight is 409 g/mol. The van der Waals surface area contributed by atoms with E-state index in [1.165, 1.54) is 10.4 Å². The summed E-state index contributed by atoms with van der Waals surface area (Å²) in [5.74, 6) is 1.39. The van der Waals surface area contributed by atoms with Gasteiger partial charge in [0.25, 0.3) is 0 Å². The van der Waals surface area contributed by atoms with Gasteiger partial charge in [-0.25, -0.2) is 0 Å². The molecule has 3 aromatic heterocycles. The maximum Gasteiger partial charge on any atom is 0.229 e. The van der Waals surface area contributed by atoms with Gasteiger partial charge in [-0.2, -0.15) is 19.6 Å². The first-order valence-electron chi connectivity index (χ1n) is 9.63. The lowest BCUT2D eigenvalue weighted by Gasteiger charge is -2.11. The summed E-state index contributed by atoms with van der Waals surface area (Å²) in [4.78, 5) is 10.4. The molecule has 0 aliphatic heterocycles. The Morgan fingerprint density at radius 3 is 2.62 bits per heavy atom. The number of hydrogen-bond acceptors (Lipinski definition) is 7. The van der Waals surface area contributed by atoms with Gasteiger partial charge in [0.05, 0.1) is 12.8 Å². The van der Waals surface area contributed by atoms with Crippen molar-refractivity contribution in [3.8, 4) is 10.4 Å². The number of nitrogens with zero attached hydrogens (tertiary/aromatic N) is 4. The highest BCUT2D eigenvalue weighted by Crippen LogP contribution is 2.25. The molecule has 8 heteroatoms. The fourth-order valence-electron chi connectivity index (χ4n) is 3.07. The third kappa shape index (κ3) is 4.23. The summed E-state index contributed by atoms with van der Waals surface area (Å²) in [6.07, 6.45) is 1.84. The van der Waals surface area contributed by atoms with Gasteiger partial charge >= 0.3 is 0 Å². The fourth-order valence-corrected chi connectivity index (χ4v) is 3.81. The van der Waals surface area contributed by atoms with E-state index in [1.807, 2.05) is 6.20 Å². The predicted octanol–water partition coefficient (Wildman–Crippen LogP) is 3.99. The Balaban J connectivity index is 1.57. The number of thiophene rings is 1. The molecule has 0 bridgehead atoms. The van der Waals surface area contributed by atoms with Crippen molar-refractivity contribution in [2.24, 2.45) is 0 Å². The van der Waals surface area contributed by atoms with Crippen LogP contribution in [0.1, 0.15) is 30.9 Å². The van der Waals surface area contributed by atoms with Gasteiger partial charge in [0.1, 0.15) is 0 Å². The number of anilines is 2. The second-order valence-corrected chi connectivity index (χ2v) is 7.99. The van der Waals surface area contributed by atoms with Crippen LogP contribution in [0, 0.1) is 0 Å². The smallest absolute Gasteiger partial charge is 0.229 e. The van der Waals surface area contributed by atoms with Crippen molar-refractivity contribution in [3.05, 3.63) is 59.1 Å². The van der Waals surface area contributed by atoms with Crippen molar-refractivity contribution >= 4 is 28.9 Å². The van der Waals surface area contributed by atoms with E-state index >= 15 is 0 Å². The Hall–Kier alpha value is -2.97. The van der Waals surface area contributed by atoms with Crippen molar-refractivity contribution in [1.82, 2.24) is 19.6 Å². The van der Waals surface area contributed by atoms with Crippen LogP contribution in [0.25, 0.3) is 16.1 Å². The lowest BCUT2D eigenvalue weighted by atomic mass is 10.1. The van der Waals surface area contributed by atoms with E-state index in [1.54, 1.807) is 15.9 Å². The van der Waals surface area contributed by atoms with Crippen molar-refractivity contribution in [2.75, 3.05) is 23.8 Å². The summed E-state index contributed by atoms with van der Waals surface area (Å²) >= 11 is 1.74. The molecule has 4 aromatic rings. The molecule has 0 saturated carbocycles. The number of benzene rings is 1. The van der Waals surface area contributed by atoms with Gasteiger partial charge in [0.2, 0.25) is 11.9 Å². The van der Waals surface area contributed by atoms with Gasteiger partial charge in [-0.3, -0.25) is 0 Å². The predicted molar refractivity (Wildman–Crippen MR) is 118 cm³/mol. The van der Waals surface area contributed by atoms with Crippen LogP contribution in [0.4, 0.5) is 11.9 Å². The minimum absolute atomic E-state index is 0.0180. The molecule has 0 amide bonds. The molecule has 3 heterocycles. The van der Waals surface area contributed by atoms with Crippen LogP contribution in [0.3, 0.4) is 0 Å². The van der Waals surface area contributed by atoms with E-state index in [2.05, 4.69) is 81.3 Å². The number of aliphatic hydroxyl groups excluding tert-OH is 1. The highest BCUT2D eigenvalue weighted by molar-refractivity contribution is 7.13. The second-order valence-electron chi connectivity index (χ2n) is 7.04. The van der Waals surface area contributed by atoms with Gasteiger partial charge in [0, 0.05) is 23.5 Å². The van der Waals surface area contributed by atoms with Crippen LogP contribution >= 0.6 is 11.3 Å². The van der Waals surface area contributed by atoms with Crippen LogP contribution in [0.5, 0.6) is 0 Å². The molecular weight excluding hydrogens is 384 g/mol. The van der Waals surface area contributed by atoms with E-state index in [0.29, 0.717) is 30.9 Å². The summed E-state index contributed by atoms with van der Waals surface area (Å²) in [6, 6.07) is 12.7. The van der Waals surface area contributed by atoms with Gasteiger partial charge in [-0.15, -0.1) is 11.3 Å². The summed E-state index contributed by atoms with van der Waals surface area (Å²) in [5.41, 5.74) is 4.20. The fraction of sp³-hybridized carbons (Fsp3) is 0.286. The van der Waals surface area contributed by atoms with Crippen LogP contribution in [0.2, 0.25) is 0 Å². The Kier molecular flexibility index (Phi) is 5.73. The summed E-state index contributed by atoms with van der Waals surface area (Å²) in [6.45, 7) is 5.26. The highest BCUT2D eigenvalue weighted by Gasteiger charge is 2.15. The second kappa shape index (κ2) is 8.59. The molecule has 0 unspecified atom stereocenters. The van der Waals surface area contributed by atoms with Gasteiger partial charge < -0.3 is 15.7 Å². The molecule has 29 heavy (non-hydrogen) atoms. The zero-order valence-electron chi connectivity index (χ0n) is 16.5. The van der Waals surface area contributed by atoms with Crippen LogP contribution in [0.15, 0.2) is 48.0 Å². The van der Waals surface area contributed by atoms with Crippen molar-refractivity contribution in [1.29, 1.82) is 0 Å². The molecule has 0 atom stereocenters. The van der Waals surface area contributed by atoms with Gasteiger partial charge in [-0.05, 0) is 28.5 Å². The quantitative estimate of drug-likeness (QED) is 0.409. The zero-order chi connectivity index (χ0) is 20.2. The maximum absolute atomic E-state index is 9.11. The lowest BCUT2D eigenvalue weighted by molar-refractivity contribution is 0.311. The monoisotopic (exact) mass is 408 g/mol. The molecule has 7 nitrogen and oxygen atoms in total. The standard InChI is InChI=1S/C21H24N6OS/c1-14(2)17-13-24-27-19(17)25-20(22-9-10-28)26-21(27)23-12-15-5-7-16(8-6-15)18-4-3-11-29-18/h3-8,11,13-14,28H,9-10,12H2,1-2H3,(H2,22,23,25,26). The molecule has 0 fully saturated rings. The van der Waals surface area contributed by atoms with E-state index in [0.717, 1.165) is 16.8 Å². The van der Waals surface area contributed by atoms with Crippen LogP contribution < -0.4 is 10.6 Å². The summed E-state index contributed by atoms with van der Waals surface area (Å²) in [5, 5.41) is 22.1. The SMILES string of the molecule is CC(C)c1cnn2c(NCc3ccc(-c4cccs4)cc3)nc(NCCO)nc12.